The molecule has 2 aromatic rings. The average molecular weight is 518 g/mol. The summed E-state index contributed by atoms with van der Waals surface area (Å²) in [5, 5.41) is 3.67. The van der Waals surface area contributed by atoms with Crippen molar-refractivity contribution in [1.29, 1.82) is 0 Å². The molecular weight excluding hydrogens is 491 g/mol. The zero-order chi connectivity index (χ0) is 26.4. The Bertz CT molecular complexity index is 1150. The summed E-state index contributed by atoms with van der Waals surface area (Å²) in [6.07, 6.45) is -5.32. The zero-order valence-corrected chi connectivity index (χ0v) is 20.3. The number of hydrogen-bond acceptors (Lipinski definition) is 8. The quantitative estimate of drug-likeness (QED) is 0.323. The van der Waals surface area contributed by atoms with Crippen LogP contribution in [-0.2, 0) is 24.3 Å². The Morgan fingerprint density at radius 3 is 2.09 bits per heavy atom. The van der Waals surface area contributed by atoms with Gasteiger partial charge in [0.05, 0.1) is 11.5 Å². The monoisotopic (exact) mass is 517 g/mol. The van der Waals surface area contributed by atoms with Gasteiger partial charge in [-0.15, -0.1) is 0 Å². The smallest absolute Gasteiger partial charge is 0.441 e. The Balaban J connectivity index is 2.39. The van der Waals surface area contributed by atoms with Crippen LogP contribution in [0, 0.1) is 13.8 Å². The van der Waals surface area contributed by atoms with Crippen molar-refractivity contribution < 1.29 is 35.9 Å². The number of anilines is 2. The molecular formula is C21H26F3N5O5S. The van der Waals surface area contributed by atoms with Gasteiger partial charge in [-0.25, -0.2) is 27.9 Å². The maximum absolute atomic E-state index is 14.1. The number of halogens is 3. The molecule has 1 amide bonds. The minimum absolute atomic E-state index is 0.165. The van der Waals surface area contributed by atoms with Gasteiger partial charge < -0.3 is 15.4 Å². The summed E-state index contributed by atoms with van der Waals surface area (Å²) in [6.45, 7) is 5.85. The van der Waals surface area contributed by atoms with Gasteiger partial charge in [0, 0.05) is 23.5 Å². The number of hydrogen-bond donors (Lipinski definition) is 3. The first kappa shape index (κ1) is 27.8. The number of aryl methyl sites for hydroxylation is 2. The third-order valence-corrected chi connectivity index (χ3v) is 5.86. The summed E-state index contributed by atoms with van der Waals surface area (Å²) in [4.78, 5) is 32.1. The third kappa shape index (κ3) is 6.81. The highest BCUT2D eigenvalue weighted by Gasteiger charge is 2.63. The van der Waals surface area contributed by atoms with Gasteiger partial charge in [0.2, 0.25) is 11.9 Å². The van der Waals surface area contributed by atoms with Crippen molar-refractivity contribution in [1.82, 2.24) is 15.3 Å². The molecule has 0 bridgehead atoms. The van der Waals surface area contributed by atoms with Crippen LogP contribution in [0.3, 0.4) is 0 Å². The van der Waals surface area contributed by atoms with Crippen molar-refractivity contribution in [3.63, 3.8) is 0 Å². The molecule has 0 saturated heterocycles. The molecule has 1 atom stereocenters. The SMILES string of the molecule is CCCC(=O)N[C@@](Nc1ccc(S(=O)(=O)Nc2nc(C)cc(C)n2)cc1)(C(=O)OCC)C(F)(F)F. The van der Waals surface area contributed by atoms with Crippen molar-refractivity contribution >= 4 is 33.5 Å². The summed E-state index contributed by atoms with van der Waals surface area (Å²) in [6, 6.07) is 5.72. The van der Waals surface area contributed by atoms with Crippen LogP contribution in [0.4, 0.5) is 24.8 Å². The second kappa shape index (κ2) is 10.9. The molecule has 3 N–H and O–H groups in total. The van der Waals surface area contributed by atoms with Gasteiger partial charge in [0.25, 0.3) is 10.0 Å². The van der Waals surface area contributed by atoms with Crippen LogP contribution >= 0.6 is 0 Å². The zero-order valence-electron chi connectivity index (χ0n) is 19.5. The number of carbonyl (C=O) groups is 2. The van der Waals surface area contributed by atoms with Crippen LogP contribution in [0.1, 0.15) is 38.1 Å². The highest BCUT2D eigenvalue weighted by Crippen LogP contribution is 2.33. The normalized spacial score (nSPS) is 13.5. The topological polar surface area (TPSA) is 139 Å². The molecule has 35 heavy (non-hydrogen) atoms. The summed E-state index contributed by atoms with van der Waals surface area (Å²) in [5.74, 6) is -2.95. The Morgan fingerprint density at radius 1 is 1.03 bits per heavy atom. The predicted molar refractivity (Wildman–Crippen MR) is 121 cm³/mol. The van der Waals surface area contributed by atoms with Crippen LogP contribution in [0.15, 0.2) is 35.2 Å². The van der Waals surface area contributed by atoms with Gasteiger partial charge in [-0.1, -0.05) is 6.92 Å². The first-order valence-corrected chi connectivity index (χ1v) is 12.0. The summed E-state index contributed by atoms with van der Waals surface area (Å²) in [5.41, 5.74) is -2.82. The molecule has 1 heterocycles. The lowest BCUT2D eigenvalue weighted by Crippen LogP contribution is -2.69. The minimum Gasteiger partial charge on any atom is -0.463 e. The first-order chi connectivity index (χ1) is 16.2. The second-order valence-electron chi connectivity index (χ2n) is 7.50. The number of ether oxygens (including phenoxy) is 1. The van der Waals surface area contributed by atoms with Gasteiger partial charge in [-0.3, -0.25) is 4.79 Å². The number of alkyl halides is 3. The number of carbonyl (C=O) groups excluding carboxylic acids is 2. The molecule has 0 aliphatic rings. The summed E-state index contributed by atoms with van der Waals surface area (Å²) < 4.78 is 74.5. The molecule has 1 aromatic heterocycles. The predicted octanol–water partition coefficient (Wildman–Crippen LogP) is 3.04. The molecule has 1 aromatic carbocycles. The van der Waals surface area contributed by atoms with Gasteiger partial charge in [-0.05, 0) is 57.5 Å². The van der Waals surface area contributed by atoms with Crippen LogP contribution in [0.5, 0.6) is 0 Å². The van der Waals surface area contributed by atoms with Crippen molar-refractivity contribution in [2.45, 2.75) is 57.3 Å². The molecule has 0 saturated carbocycles. The Hall–Kier alpha value is -3.42. The first-order valence-electron chi connectivity index (χ1n) is 10.5. The number of sulfonamides is 1. The summed E-state index contributed by atoms with van der Waals surface area (Å²) >= 11 is 0. The van der Waals surface area contributed by atoms with Gasteiger partial charge in [0.15, 0.2) is 0 Å². The molecule has 0 aliphatic heterocycles. The lowest BCUT2D eigenvalue weighted by atomic mass is 10.1. The number of amides is 1. The van der Waals surface area contributed by atoms with E-state index in [4.69, 9.17) is 0 Å². The van der Waals surface area contributed by atoms with E-state index in [9.17, 15) is 31.2 Å². The van der Waals surface area contributed by atoms with E-state index in [1.807, 2.05) is 5.32 Å². The number of benzene rings is 1. The fraction of sp³-hybridized carbons (Fsp3) is 0.429. The fourth-order valence-electron chi connectivity index (χ4n) is 3.01. The van der Waals surface area contributed by atoms with E-state index >= 15 is 0 Å². The Morgan fingerprint density at radius 2 is 1.60 bits per heavy atom. The number of nitrogens with zero attached hydrogens (tertiary/aromatic N) is 2. The molecule has 10 nitrogen and oxygen atoms in total. The van der Waals surface area contributed by atoms with Crippen LogP contribution < -0.4 is 15.4 Å². The van der Waals surface area contributed by atoms with E-state index in [2.05, 4.69) is 19.4 Å². The van der Waals surface area contributed by atoms with Crippen LogP contribution in [-0.4, -0.2) is 48.7 Å². The molecule has 2 rings (SSSR count). The van der Waals surface area contributed by atoms with E-state index in [1.54, 1.807) is 32.2 Å². The number of esters is 1. The maximum atomic E-state index is 14.1. The molecule has 192 valence electrons. The average Bonchev–Trinajstić information content (AvgIpc) is 2.72. The van der Waals surface area contributed by atoms with E-state index in [0.717, 1.165) is 24.3 Å². The largest absolute Gasteiger partial charge is 0.463 e. The number of nitrogens with one attached hydrogen (secondary N) is 3. The maximum Gasteiger partial charge on any atom is 0.441 e. The van der Waals surface area contributed by atoms with Crippen molar-refractivity contribution in [2.75, 3.05) is 16.6 Å². The van der Waals surface area contributed by atoms with Gasteiger partial charge in [-0.2, -0.15) is 13.2 Å². The molecule has 0 fully saturated rings. The third-order valence-electron chi connectivity index (χ3n) is 4.52. The number of rotatable bonds is 10. The standard InChI is InChI=1S/C21H26F3N5O5S/c1-5-7-17(30)28-20(21(22,23)24,18(31)34-6-2)27-15-8-10-16(11-9-15)35(32,33)29-19-25-13(3)12-14(4)26-19/h8-12,27H,5-7H2,1-4H3,(H,28,30)(H,25,26,29)/t20-/m0/s1. The molecule has 0 radical (unpaired) electrons. The van der Waals surface area contributed by atoms with Crippen LogP contribution in [0.2, 0.25) is 0 Å². The van der Waals surface area contributed by atoms with Crippen LogP contribution in [0.25, 0.3) is 0 Å². The van der Waals surface area contributed by atoms with E-state index in [0.29, 0.717) is 11.4 Å². The fourth-order valence-corrected chi connectivity index (χ4v) is 3.96. The molecule has 0 unspecified atom stereocenters. The van der Waals surface area contributed by atoms with Gasteiger partial charge >= 0.3 is 17.8 Å². The molecule has 0 aliphatic carbocycles. The highest BCUT2D eigenvalue weighted by atomic mass is 32.2. The Kier molecular flexibility index (Phi) is 8.65. The molecule has 0 spiro atoms. The van der Waals surface area contributed by atoms with E-state index in [-0.39, 0.29) is 36.0 Å². The van der Waals surface area contributed by atoms with Crippen molar-refractivity contribution in [3.05, 3.63) is 41.7 Å². The lowest BCUT2D eigenvalue weighted by molar-refractivity contribution is -0.207. The summed E-state index contributed by atoms with van der Waals surface area (Å²) in [7, 11) is -4.17. The minimum atomic E-state index is -5.30. The number of aromatic nitrogens is 2. The van der Waals surface area contributed by atoms with Crippen molar-refractivity contribution in [2.24, 2.45) is 0 Å². The second-order valence-corrected chi connectivity index (χ2v) is 9.18. The lowest BCUT2D eigenvalue weighted by Gasteiger charge is -2.35. The van der Waals surface area contributed by atoms with Crippen molar-refractivity contribution in [3.8, 4) is 0 Å². The van der Waals surface area contributed by atoms with E-state index in [1.165, 1.54) is 6.92 Å². The highest BCUT2D eigenvalue weighted by molar-refractivity contribution is 7.92. The molecule has 14 heteroatoms. The van der Waals surface area contributed by atoms with E-state index < -0.39 is 33.7 Å². The van der Waals surface area contributed by atoms with Gasteiger partial charge in [0.1, 0.15) is 0 Å². The Labute approximate surface area is 200 Å².